The summed E-state index contributed by atoms with van der Waals surface area (Å²) >= 11 is 3.98. The number of hydrogen-bond acceptors (Lipinski definition) is 4. The molecular weight excluding hydrogens is 262 g/mol. The van der Waals surface area contributed by atoms with Crippen LogP contribution in [0.1, 0.15) is 27.2 Å². The molecule has 2 aromatic heterocycles. The quantitative estimate of drug-likeness (QED) is 0.936. The van der Waals surface area contributed by atoms with Gasteiger partial charge in [0.15, 0.2) is 0 Å². The molecule has 0 amide bonds. The van der Waals surface area contributed by atoms with Gasteiger partial charge in [-0.3, -0.25) is 0 Å². The molecule has 2 aromatic rings. The number of aryl methyl sites for hydroxylation is 2. The van der Waals surface area contributed by atoms with Gasteiger partial charge < -0.3 is 9.88 Å². The highest BCUT2D eigenvalue weighted by Gasteiger charge is 2.21. The molecule has 1 aliphatic heterocycles. The van der Waals surface area contributed by atoms with Crippen molar-refractivity contribution >= 4 is 23.1 Å². The van der Waals surface area contributed by atoms with Gasteiger partial charge in [-0.1, -0.05) is 0 Å². The van der Waals surface area contributed by atoms with Crippen LogP contribution in [-0.2, 0) is 19.2 Å². The van der Waals surface area contributed by atoms with Gasteiger partial charge in [0.05, 0.1) is 0 Å². The van der Waals surface area contributed by atoms with Crippen molar-refractivity contribution in [2.24, 2.45) is 7.05 Å². The highest BCUT2D eigenvalue weighted by Crippen LogP contribution is 2.35. The zero-order chi connectivity index (χ0) is 12.5. The number of hydrogen-bond donors (Lipinski definition) is 1. The fourth-order valence-corrected chi connectivity index (χ4v) is 4.85. The first-order valence-corrected chi connectivity index (χ1v) is 8.10. The zero-order valence-corrected chi connectivity index (χ0v) is 12.3. The molecule has 3 rings (SSSR count). The van der Waals surface area contributed by atoms with E-state index in [1.54, 1.807) is 4.88 Å². The minimum atomic E-state index is 0.214. The van der Waals surface area contributed by atoms with Crippen LogP contribution in [0.2, 0.25) is 0 Å². The van der Waals surface area contributed by atoms with Gasteiger partial charge in [-0.05, 0) is 30.9 Å². The lowest BCUT2D eigenvalue weighted by Crippen LogP contribution is -2.20. The van der Waals surface area contributed by atoms with Crippen molar-refractivity contribution in [1.82, 2.24) is 14.9 Å². The first-order chi connectivity index (χ1) is 8.79. The monoisotopic (exact) mass is 279 g/mol. The molecule has 1 unspecified atom stereocenters. The molecule has 0 radical (unpaired) electrons. The van der Waals surface area contributed by atoms with Crippen LogP contribution >= 0.6 is 23.1 Å². The number of nitrogens with one attached hydrogen (secondary N) is 1. The Labute approximate surface area is 116 Å². The SMILES string of the molecule is CNC(c1cc2c(s1)CCSC2)c1nccn1C. The van der Waals surface area contributed by atoms with Crippen molar-refractivity contribution in [2.75, 3.05) is 12.8 Å². The summed E-state index contributed by atoms with van der Waals surface area (Å²) in [4.78, 5) is 7.43. The summed E-state index contributed by atoms with van der Waals surface area (Å²) in [5.41, 5.74) is 1.53. The Morgan fingerprint density at radius 3 is 3.06 bits per heavy atom. The number of fused-ring (bicyclic) bond motifs is 1. The maximum Gasteiger partial charge on any atom is 0.131 e. The number of imidazole rings is 1. The highest BCUT2D eigenvalue weighted by molar-refractivity contribution is 7.98. The van der Waals surface area contributed by atoms with Gasteiger partial charge in [0.1, 0.15) is 11.9 Å². The molecule has 0 saturated heterocycles. The van der Waals surface area contributed by atoms with Crippen LogP contribution in [0, 0.1) is 0 Å². The maximum absolute atomic E-state index is 4.47. The van der Waals surface area contributed by atoms with Crippen LogP contribution < -0.4 is 5.32 Å². The Bertz CT molecular complexity index is 521. The second-order valence-electron chi connectivity index (χ2n) is 4.52. The minimum Gasteiger partial charge on any atom is -0.336 e. The summed E-state index contributed by atoms with van der Waals surface area (Å²) in [5.74, 6) is 3.52. The lowest BCUT2D eigenvalue weighted by molar-refractivity contribution is 0.626. The van der Waals surface area contributed by atoms with E-state index in [1.807, 2.05) is 42.5 Å². The Hall–Kier alpha value is -0.780. The van der Waals surface area contributed by atoms with Crippen LogP contribution in [0.25, 0.3) is 0 Å². The molecular formula is C13H17N3S2. The molecule has 18 heavy (non-hydrogen) atoms. The topological polar surface area (TPSA) is 29.9 Å². The predicted molar refractivity (Wildman–Crippen MR) is 78.3 cm³/mol. The molecule has 0 aromatic carbocycles. The zero-order valence-electron chi connectivity index (χ0n) is 10.6. The molecule has 3 nitrogen and oxygen atoms in total. The molecule has 0 bridgehead atoms. The Balaban J connectivity index is 1.97. The maximum atomic E-state index is 4.47. The van der Waals surface area contributed by atoms with Crippen molar-refractivity contribution in [2.45, 2.75) is 18.2 Å². The van der Waals surface area contributed by atoms with Gasteiger partial charge in [-0.2, -0.15) is 11.8 Å². The van der Waals surface area contributed by atoms with Crippen molar-refractivity contribution < 1.29 is 0 Å². The highest BCUT2D eigenvalue weighted by atomic mass is 32.2. The fourth-order valence-electron chi connectivity index (χ4n) is 2.37. The van der Waals surface area contributed by atoms with Gasteiger partial charge >= 0.3 is 0 Å². The van der Waals surface area contributed by atoms with Crippen molar-refractivity contribution in [3.05, 3.63) is 39.6 Å². The molecule has 0 saturated carbocycles. The molecule has 1 atom stereocenters. The molecule has 0 fully saturated rings. The van der Waals surface area contributed by atoms with Crippen molar-refractivity contribution in [3.63, 3.8) is 0 Å². The van der Waals surface area contributed by atoms with Gasteiger partial charge in [0, 0.05) is 34.9 Å². The first-order valence-electron chi connectivity index (χ1n) is 6.13. The van der Waals surface area contributed by atoms with E-state index in [0.717, 1.165) is 5.82 Å². The Morgan fingerprint density at radius 1 is 1.50 bits per heavy atom. The van der Waals surface area contributed by atoms with Gasteiger partial charge in [-0.15, -0.1) is 11.3 Å². The van der Waals surface area contributed by atoms with Crippen LogP contribution in [0.3, 0.4) is 0 Å². The van der Waals surface area contributed by atoms with Crippen LogP contribution in [0.15, 0.2) is 18.5 Å². The van der Waals surface area contributed by atoms with E-state index in [4.69, 9.17) is 0 Å². The van der Waals surface area contributed by atoms with Gasteiger partial charge in [0.25, 0.3) is 0 Å². The van der Waals surface area contributed by atoms with E-state index < -0.39 is 0 Å². The number of thioether (sulfide) groups is 1. The number of rotatable bonds is 3. The smallest absolute Gasteiger partial charge is 0.131 e. The van der Waals surface area contributed by atoms with Crippen LogP contribution in [-0.4, -0.2) is 22.4 Å². The molecule has 3 heterocycles. The summed E-state index contributed by atoms with van der Waals surface area (Å²) in [6.07, 6.45) is 5.09. The van der Waals surface area contributed by atoms with E-state index in [1.165, 1.54) is 28.4 Å². The summed E-state index contributed by atoms with van der Waals surface area (Å²) < 4.78 is 2.09. The number of thiophene rings is 1. The van der Waals surface area contributed by atoms with Gasteiger partial charge in [0.2, 0.25) is 0 Å². The van der Waals surface area contributed by atoms with E-state index in [-0.39, 0.29) is 6.04 Å². The van der Waals surface area contributed by atoms with E-state index in [0.29, 0.717) is 0 Å². The lowest BCUT2D eigenvalue weighted by Gasteiger charge is -2.14. The number of nitrogens with zero attached hydrogens (tertiary/aromatic N) is 2. The van der Waals surface area contributed by atoms with E-state index in [2.05, 4.69) is 28.0 Å². The van der Waals surface area contributed by atoms with E-state index in [9.17, 15) is 0 Å². The second kappa shape index (κ2) is 5.07. The van der Waals surface area contributed by atoms with Gasteiger partial charge in [-0.25, -0.2) is 4.98 Å². The van der Waals surface area contributed by atoms with E-state index >= 15 is 0 Å². The molecule has 1 aliphatic rings. The molecule has 5 heteroatoms. The Kier molecular flexibility index (Phi) is 3.46. The lowest BCUT2D eigenvalue weighted by atomic mass is 10.1. The van der Waals surface area contributed by atoms with Crippen LogP contribution in [0.4, 0.5) is 0 Å². The molecule has 1 N–H and O–H groups in total. The summed E-state index contributed by atoms with van der Waals surface area (Å²) in [6.45, 7) is 0. The predicted octanol–water partition coefficient (Wildman–Crippen LogP) is 2.58. The molecule has 0 spiro atoms. The normalized spacial score (nSPS) is 16.6. The minimum absolute atomic E-state index is 0.214. The molecule has 0 aliphatic carbocycles. The first kappa shape index (κ1) is 12.3. The summed E-state index contributed by atoms with van der Waals surface area (Å²) in [7, 11) is 4.06. The largest absolute Gasteiger partial charge is 0.336 e. The van der Waals surface area contributed by atoms with Crippen molar-refractivity contribution in [1.29, 1.82) is 0 Å². The third-order valence-electron chi connectivity index (χ3n) is 3.34. The summed E-state index contributed by atoms with van der Waals surface area (Å²) in [5, 5.41) is 3.39. The average molecular weight is 279 g/mol. The van der Waals surface area contributed by atoms with Crippen LogP contribution in [0.5, 0.6) is 0 Å². The fraction of sp³-hybridized carbons (Fsp3) is 0.462. The standard InChI is InChI=1S/C13H17N3S2/c1-14-12(13-15-4-5-16(13)2)11-7-9-8-17-6-3-10(9)18-11/h4-5,7,12,14H,3,6,8H2,1-2H3. The average Bonchev–Trinajstić information content (AvgIpc) is 2.97. The molecule has 96 valence electrons. The summed E-state index contributed by atoms with van der Waals surface area (Å²) in [6, 6.07) is 2.58. The second-order valence-corrected chi connectivity index (χ2v) is 6.79. The third-order valence-corrected chi connectivity index (χ3v) is 5.65. The number of aromatic nitrogens is 2. The van der Waals surface area contributed by atoms with Crippen molar-refractivity contribution in [3.8, 4) is 0 Å². The Morgan fingerprint density at radius 2 is 2.39 bits per heavy atom. The third kappa shape index (κ3) is 2.11.